The van der Waals surface area contributed by atoms with Gasteiger partial charge in [0.2, 0.25) is 0 Å². The van der Waals surface area contributed by atoms with Gasteiger partial charge in [-0.15, -0.1) is 6.42 Å². The summed E-state index contributed by atoms with van der Waals surface area (Å²) in [6, 6.07) is -0.00926. The van der Waals surface area contributed by atoms with Crippen LogP contribution in [0.3, 0.4) is 0 Å². The molecule has 1 fully saturated rings. The van der Waals surface area contributed by atoms with Gasteiger partial charge in [-0.05, 0) is 17.6 Å². The van der Waals surface area contributed by atoms with Gasteiger partial charge in [0.15, 0.2) is 0 Å². The zero-order valence-electron chi connectivity index (χ0n) is 5.74. The van der Waals surface area contributed by atoms with Crippen LogP contribution in [0.2, 0.25) is 0 Å². The van der Waals surface area contributed by atoms with E-state index in [2.05, 4.69) is 5.92 Å². The number of hydrogen-bond acceptors (Lipinski definition) is 2. The van der Waals surface area contributed by atoms with Crippen molar-refractivity contribution in [3.63, 3.8) is 0 Å². The molecule has 0 aromatic heterocycles. The second-order valence-electron chi connectivity index (χ2n) is 2.30. The second kappa shape index (κ2) is 2.50. The Bertz CT molecular complexity index is 262. The fourth-order valence-electron chi connectivity index (χ4n) is 0.969. The van der Waals surface area contributed by atoms with Gasteiger partial charge in [-0.25, -0.2) is 8.51 Å². The lowest BCUT2D eigenvalue weighted by Crippen LogP contribution is -2.26. The van der Waals surface area contributed by atoms with E-state index >= 15 is 0 Å². The fraction of sp³-hybridized carbons (Fsp3) is 0.667. The van der Waals surface area contributed by atoms with E-state index < -0.39 is 8.68 Å². The Hall–Kier alpha value is -0.110. The summed E-state index contributed by atoms with van der Waals surface area (Å²) in [5, 5.41) is 0. The van der Waals surface area contributed by atoms with Crippen molar-refractivity contribution in [1.29, 1.82) is 0 Å². The van der Waals surface area contributed by atoms with E-state index in [1.807, 2.05) is 0 Å². The summed E-state index contributed by atoms with van der Waals surface area (Å²) in [5.41, 5.74) is 0. The van der Waals surface area contributed by atoms with E-state index in [-0.39, 0.29) is 6.04 Å². The van der Waals surface area contributed by atoms with Gasteiger partial charge >= 0.3 is 0 Å². The SMILES string of the molecule is C#CC1CCS(=O)(=S)N1C. The highest BCUT2D eigenvalue weighted by atomic mass is 32.8. The number of terminal acetylenes is 1. The number of rotatable bonds is 0. The Morgan fingerprint density at radius 1 is 1.90 bits per heavy atom. The van der Waals surface area contributed by atoms with Gasteiger partial charge in [-0.3, -0.25) is 0 Å². The van der Waals surface area contributed by atoms with E-state index in [0.29, 0.717) is 5.75 Å². The van der Waals surface area contributed by atoms with Crippen LogP contribution >= 0.6 is 0 Å². The third-order valence-corrected chi connectivity index (χ3v) is 4.81. The first-order chi connectivity index (χ1) is 4.58. The topological polar surface area (TPSA) is 20.3 Å². The molecule has 1 aliphatic heterocycles. The van der Waals surface area contributed by atoms with Crippen molar-refractivity contribution in [2.45, 2.75) is 12.5 Å². The van der Waals surface area contributed by atoms with Crippen LogP contribution in [-0.4, -0.2) is 27.4 Å². The van der Waals surface area contributed by atoms with Crippen LogP contribution in [0, 0.1) is 12.3 Å². The molecule has 10 heavy (non-hydrogen) atoms. The average Bonchev–Trinajstić information content (AvgIpc) is 2.10. The lowest BCUT2D eigenvalue weighted by Gasteiger charge is -2.13. The van der Waals surface area contributed by atoms with Crippen LogP contribution < -0.4 is 0 Å². The molecule has 0 aliphatic carbocycles. The minimum Gasteiger partial charge on any atom is -0.241 e. The van der Waals surface area contributed by atoms with E-state index in [0.717, 1.165) is 6.42 Å². The quantitative estimate of drug-likeness (QED) is 0.482. The minimum atomic E-state index is -2.16. The number of hydrogen-bond donors (Lipinski definition) is 0. The maximum Gasteiger partial charge on any atom is 0.0932 e. The molecule has 1 aliphatic rings. The molecule has 0 bridgehead atoms. The van der Waals surface area contributed by atoms with Gasteiger partial charge in [-0.2, -0.15) is 0 Å². The largest absolute Gasteiger partial charge is 0.241 e. The van der Waals surface area contributed by atoms with E-state index in [1.54, 1.807) is 11.4 Å². The lowest BCUT2D eigenvalue weighted by molar-refractivity contribution is 0.491. The third-order valence-electron chi connectivity index (χ3n) is 1.72. The molecule has 2 nitrogen and oxygen atoms in total. The summed E-state index contributed by atoms with van der Waals surface area (Å²) in [7, 11) is -0.433. The molecule has 0 spiro atoms. The summed E-state index contributed by atoms with van der Waals surface area (Å²) in [6.07, 6.45) is 5.95. The Morgan fingerprint density at radius 3 is 2.70 bits per heavy atom. The van der Waals surface area contributed by atoms with Gasteiger partial charge in [-0.1, -0.05) is 5.92 Å². The standard InChI is InChI=1S/C6H9NOS2/c1-3-6-4-5-10(8,9)7(6)2/h1,6H,4-5H2,2H3. The Labute approximate surface area is 66.4 Å². The van der Waals surface area contributed by atoms with Crippen LogP contribution in [0.4, 0.5) is 0 Å². The lowest BCUT2D eigenvalue weighted by atomic mass is 10.2. The molecule has 0 saturated carbocycles. The summed E-state index contributed by atoms with van der Waals surface area (Å²) < 4.78 is 13.0. The maximum atomic E-state index is 11.3. The molecule has 1 heterocycles. The molecule has 56 valence electrons. The average molecular weight is 175 g/mol. The highest BCUT2D eigenvalue weighted by Crippen LogP contribution is 2.17. The molecular formula is C6H9NOS2. The third kappa shape index (κ3) is 1.17. The van der Waals surface area contributed by atoms with Crippen molar-refractivity contribution >= 4 is 19.9 Å². The normalized spacial score (nSPS) is 41.4. The molecule has 1 rings (SSSR count). The molecule has 1 saturated heterocycles. The molecular weight excluding hydrogens is 166 g/mol. The summed E-state index contributed by atoms with van der Waals surface area (Å²) in [6.45, 7) is 0. The Balaban J connectivity index is 2.90. The first-order valence-electron chi connectivity index (χ1n) is 3.00. The maximum absolute atomic E-state index is 11.3. The van der Waals surface area contributed by atoms with Crippen molar-refractivity contribution in [1.82, 2.24) is 4.31 Å². The van der Waals surface area contributed by atoms with E-state index in [4.69, 9.17) is 17.6 Å². The van der Waals surface area contributed by atoms with Crippen LogP contribution in [0.25, 0.3) is 0 Å². The minimum absolute atomic E-state index is 0.00926. The molecule has 0 aromatic carbocycles. The zero-order chi connectivity index (χ0) is 7.78. The first kappa shape index (κ1) is 7.99. The zero-order valence-corrected chi connectivity index (χ0v) is 7.37. The molecule has 2 unspecified atom stereocenters. The van der Waals surface area contributed by atoms with Crippen LogP contribution in [0.15, 0.2) is 0 Å². The highest BCUT2D eigenvalue weighted by Gasteiger charge is 2.29. The first-order valence-corrected chi connectivity index (χ1v) is 5.60. The van der Waals surface area contributed by atoms with Gasteiger partial charge in [0.1, 0.15) is 0 Å². The predicted molar refractivity (Wildman–Crippen MR) is 45.4 cm³/mol. The molecule has 0 amide bonds. The number of nitrogens with zero attached hydrogens (tertiary/aromatic N) is 1. The van der Waals surface area contributed by atoms with Crippen LogP contribution in [0.5, 0.6) is 0 Å². The van der Waals surface area contributed by atoms with Gasteiger partial charge < -0.3 is 0 Å². The molecule has 0 N–H and O–H groups in total. The van der Waals surface area contributed by atoms with Crippen molar-refractivity contribution in [2.75, 3.05) is 12.8 Å². The van der Waals surface area contributed by atoms with Gasteiger partial charge in [0, 0.05) is 12.8 Å². The van der Waals surface area contributed by atoms with E-state index in [9.17, 15) is 4.21 Å². The fourth-order valence-corrected chi connectivity index (χ4v) is 2.93. The molecule has 0 radical (unpaired) electrons. The molecule has 0 aromatic rings. The molecule has 2 atom stereocenters. The predicted octanol–water partition coefficient (Wildman–Crippen LogP) is -0.0150. The van der Waals surface area contributed by atoms with E-state index in [1.165, 1.54) is 0 Å². The van der Waals surface area contributed by atoms with Crippen LogP contribution in [0.1, 0.15) is 6.42 Å². The van der Waals surface area contributed by atoms with Crippen molar-refractivity contribution in [3.05, 3.63) is 0 Å². The Kier molecular flexibility index (Phi) is 1.99. The van der Waals surface area contributed by atoms with Crippen molar-refractivity contribution < 1.29 is 4.21 Å². The second-order valence-corrected chi connectivity index (χ2v) is 6.01. The van der Waals surface area contributed by atoms with Gasteiger partial charge in [0.25, 0.3) is 0 Å². The summed E-state index contributed by atoms with van der Waals surface area (Å²) in [5.74, 6) is 3.11. The van der Waals surface area contributed by atoms with Crippen molar-refractivity contribution in [3.8, 4) is 12.3 Å². The Morgan fingerprint density at radius 2 is 2.50 bits per heavy atom. The smallest absolute Gasteiger partial charge is 0.0932 e. The molecule has 4 heteroatoms. The van der Waals surface area contributed by atoms with Gasteiger partial charge in [0.05, 0.1) is 14.7 Å². The van der Waals surface area contributed by atoms with Crippen molar-refractivity contribution in [2.24, 2.45) is 0 Å². The highest BCUT2D eigenvalue weighted by molar-refractivity contribution is 8.31. The van der Waals surface area contributed by atoms with Crippen LogP contribution in [-0.2, 0) is 19.9 Å². The summed E-state index contributed by atoms with van der Waals surface area (Å²) >= 11 is 4.83. The monoisotopic (exact) mass is 175 g/mol. The summed E-state index contributed by atoms with van der Waals surface area (Å²) in [4.78, 5) is 0.